The Labute approximate surface area is 219 Å². The van der Waals surface area contributed by atoms with Gasteiger partial charge >= 0.3 is 5.97 Å². The highest BCUT2D eigenvalue weighted by Gasteiger charge is 2.50. The SMILES string of the molecule is CCOC(=O)C(C)(C)NCC1(COc2ccc(C#N)c(F)c2)CN(S(=O)(=O)c2ccc(Cl)cc2Cl)C1. The maximum Gasteiger partial charge on any atom is 0.325 e. The zero-order valence-electron chi connectivity index (χ0n) is 20.0. The van der Waals surface area contributed by atoms with Gasteiger partial charge in [0.2, 0.25) is 10.0 Å². The molecule has 0 spiro atoms. The summed E-state index contributed by atoms with van der Waals surface area (Å²) in [5.41, 5.74) is -1.90. The minimum atomic E-state index is -3.93. The van der Waals surface area contributed by atoms with Crippen LogP contribution in [-0.4, -0.2) is 57.1 Å². The lowest BCUT2D eigenvalue weighted by Crippen LogP contribution is -2.66. The third-order valence-corrected chi connectivity index (χ3v) is 8.34. The van der Waals surface area contributed by atoms with Crippen LogP contribution in [0.4, 0.5) is 4.39 Å². The Hall–Kier alpha value is -2.42. The van der Waals surface area contributed by atoms with Gasteiger partial charge < -0.3 is 14.8 Å². The maximum absolute atomic E-state index is 14.0. The van der Waals surface area contributed by atoms with Gasteiger partial charge in [-0.05, 0) is 51.1 Å². The van der Waals surface area contributed by atoms with E-state index >= 15 is 0 Å². The molecule has 0 aromatic heterocycles. The number of nitrogens with one attached hydrogen (secondary N) is 1. The number of carbonyl (C=O) groups excluding carboxylic acids is 1. The molecule has 12 heteroatoms. The fourth-order valence-electron chi connectivity index (χ4n) is 3.65. The third kappa shape index (κ3) is 6.10. The summed E-state index contributed by atoms with van der Waals surface area (Å²) in [6.45, 7) is 5.58. The first-order valence-electron chi connectivity index (χ1n) is 11.0. The van der Waals surface area contributed by atoms with Crippen molar-refractivity contribution in [1.29, 1.82) is 5.26 Å². The zero-order chi connectivity index (χ0) is 26.7. The van der Waals surface area contributed by atoms with Gasteiger partial charge in [0.25, 0.3) is 0 Å². The number of rotatable bonds is 10. The topological polar surface area (TPSA) is 109 Å². The van der Waals surface area contributed by atoms with Crippen molar-refractivity contribution < 1.29 is 27.1 Å². The van der Waals surface area contributed by atoms with E-state index in [1.165, 1.54) is 34.6 Å². The predicted octanol–water partition coefficient (Wildman–Crippen LogP) is 4.01. The van der Waals surface area contributed by atoms with Gasteiger partial charge in [0, 0.05) is 36.1 Å². The van der Waals surface area contributed by atoms with Crippen LogP contribution in [0.25, 0.3) is 0 Å². The molecule has 194 valence electrons. The molecule has 8 nitrogen and oxygen atoms in total. The second-order valence-electron chi connectivity index (χ2n) is 9.09. The standard InChI is InChI=1S/C24H26Cl2FN3O5S/c1-4-34-22(31)23(2,3)29-12-24(15-35-18-7-5-16(11-28)20(27)10-18)13-30(14-24)36(32,33)21-8-6-17(25)9-19(21)26/h5-10,29H,4,12-15H2,1-3H3. The van der Waals surface area contributed by atoms with Crippen molar-refractivity contribution in [2.24, 2.45) is 5.41 Å². The first kappa shape index (κ1) is 28.2. The van der Waals surface area contributed by atoms with Crippen LogP contribution >= 0.6 is 23.2 Å². The quantitative estimate of drug-likeness (QED) is 0.439. The molecular weight excluding hydrogens is 532 g/mol. The van der Waals surface area contributed by atoms with E-state index < -0.39 is 32.8 Å². The van der Waals surface area contributed by atoms with Gasteiger partial charge in [-0.3, -0.25) is 4.79 Å². The fourth-order valence-corrected chi connectivity index (χ4v) is 6.07. The number of nitriles is 1. The van der Waals surface area contributed by atoms with Crippen LogP contribution < -0.4 is 10.1 Å². The van der Waals surface area contributed by atoms with E-state index in [9.17, 15) is 17.6 Å². The fraction of sp³-hybridized carbons (Fsp3) is 0.417. The molecule has 0 unspecified atom stereocenters. The number of hydrogen-bond donors (Lipinski definition) is 1. The molecule has 1 saturated heterocycles. The van der Waals surface area contributed by atoms with Crippen molar-refractivity contribution in [3.8, 4) is 11.8 Å². The first-order valence-corrected chi connectivity index (χ1v) is 13.2. The highest BCUT2D eigenvalue weighted by molar-refractivity contribution is 7.89. The van der Waals surface area contributed by atoms with Crippen molar-refractivity contribution in [2.75, 3.05) is 32.8 Å². The summed E-state index contributed by atoms with van der Waals surface area (Å²) in [7, 11) is -3.93. The number of ether oxygens (including phenoxy) is 2. The largest absolute Gasteiger partial charge is 0.493 e. The van der Waals surface area contributed by atoms with Gasteiger partial charge in [-0.1, -0.05) is 23.2 Å². The summed E-state index contributed by atoms with van der Waals surface area (Å²) in [5, 5.41) is 12.4. The lowest BCUT2D eigenvalue weighted by atomic mass is 9.81. The molecule has 1 fully saturated rings. The van der Waals surface area contributed by atoms with Crippen molar-refractivity contribution >= 4 is 39.2 Å². The lowest BCUT2D eigenvalue weighted by molar-refractivity contribution is -0.150. The molecule has 0 radical (unpaired) electrons. The smallest absolute Gasteiger partial charge is 0.325 e. The average Bonchev–Trinajstić information content (AvgIpc) is 2.77. The number of nitrogens with zero attached hydrogens (tertiary/aromatic N) is 2. The number of sulfonamides is 1. The van der Waals surface area contributed by atoms with Gasteiger partial charge in [0.15, 0.2) is 0 Å². The number of carbonyl (C=O) groups is 1. The van der Waals surface area contributed by atoms with Crippen LogP contribution in [0.5, 0.6) is 5.75 Å². The molecular formula is C24H26Cl2FN3O5S. The summed E-state index contributed by atoms with van der Waals surface area (Å²) in [4.78, 5) is 12.3. The van der Waals surface area contributed by atoms with Crippen molar-refractivity contribution in [1.82, 2.24) is 9.62 Å². The molecule has 1 aliphatic rings. The molecule has 36 heavy (non-hydrogen) atoms. The Morgan fingerprint density at radius 2 is 1.94 bits per heavy atom. The number of esters is 1. The van der Waals surface area contributed by atoms with E-state index in [2.05, 4.69) is 5.32 Å². The molecule has 3 rings (SSSR count). The summed E-state index contributed by atoms with van der Waals surface area (Å²) in [6.07, 6.45) is 0. The van der Waals surface area contributed by atoms with Crippen LogP contribution in [0.3, 0.4) is 0 Å². The van der Waals surface area contributed by atoms with Crippen LogP contribution in [-0.2, 0) is 19.6 Å². The Kier molecular flexibility index (Phi) is 8.53. The zero-order valence-corrected chi connectivity index (χ0v) is 22.3. The molecule has 0 atom stereocenters. The minimum Gasteiger partial charge on any atom is -0.493 e. The first-order chi connectivity index (χ1) is 16.8. The van der Waals surface area contributed by atoms with Crippen LogP contribution in [0.1, 0.15) is 26.3 Å². The van der Waals surface area contributed by atoms with E-state index in [0.29, 0.717) is 5.02 Å². The molecule has 2 aromatic carbocycles. The van der Waals surface area contributed by atoms with E-state index in [1.807, 2.05) is 0 Å². The van der Waals surface area contributed by atoms with E-state index in [-0.39, 0.29) is 54.1 Å². The Morgan fingerprint density at radius 1 is 1.25 bits per heavy atom. The minimum absolute atomic E-state index is 0.00544. The Balaban J connectivity index is 1.80. The molecule has 0 saturated carbocycles. The number of halogens is 3. The monoisotopic (exact) mass is 557 g/mol. The van der Waals surface area contributed by atoms with Gasteiger partial charge in [-0.15, -0.1) is 0 Å². The van der Waals surface area contributed by atoms with Gasteiger partial charge in [0.05, 0.1) is 23.8 Å². The molecule has 1 heterocycles. The van der Waals surface area contributed by atoms with Gasteiger partial charge in [-0.2, -0.15) is 9.57 Å². The second-order valence-corrected chi connectivity index (χ2v) is 11.8. The van der Waals surface area contributed by atoms with Crippen LogP contribution in [0.2, 0.25) is 10.0 Å². The Morgan fingerprint density at radius 3 is 2.53 bits per heavy atom. The van der Waals surface area contributed by atoms with Crippen molar-refractivity contribution in [2.45, 2.75) is 31.2 Å². The molecule has 1 aliphatic heterocycles. The number of benzene rings is 2. The molecule has 0 amide bonds. The van der Waals surface area contributed by atoms with Gasteiger partial charge in [-0.25, -0.2) is 12.8 Å². The van der Waals surface area contributed by atoms with E-state index in [4.69, 9.17) is 37.9 Å². The summed E-state index contributed by atoms with van der Waals surface area (Å²) in [5.74, 6) is -0.981. The predicted molar refractivity (Wildman–Crippen MR) is 133 cm³/mol. The summed E-state index contributed by atoms with van der Waals surface area (Å²) >= 11 is 12.0. The van der Waals surface area contributed by atoms with Crippen LogP contribution in [0, 0.1) is 22.6 Å². The van der Waals surface area contributed by atoms with E-state index in [1.54, 1.807) is 26.8 Å². The third-order valence-electron chi connectivity index (χ3n) is 5.83. The van der Waals surface area contributed by atoms with Crippen molar-refractivity contribution in [3.05, 3.63) is 57.8 Å². The Bertz CT molecular complexity index is 1290. The normalized spacial score (nSPS) is 15.6. The molecule has 1 N–H and O–H groups in total. The van der Waals surface area contributed by atoms with Crippen LogP contribution in [0.15, 0.2) is 41.3 Å². The molecule has 0 aliphatic carbocycles. The second kappa shape index (κ2) is 10.9. The highest BCUT2D eigenvalue weighted by Crippen LogP contribution is 2.38. The molecule has 0 bridgehead atoms. The molecule has 2 aromatic rings. The maximum atomic E-state index is 14.0. The average molecular weight is 558 g/mol. The van der Waals surface area contributed by atoms with Crippen molar-refractivity contribution in [3.63, 3.8) is 0 Å². The van der Waals surface area contributed by atoms with E-state index in [0.717, 1.165) is 6.07 Å². The highest BCUT2D eigenvalue weighted by atomic mass is 35.5. The summed E-state index contributed by atoms with van der Waals surface area (Å²) in [6, 6.07) is 9.76. The lowest BCUT2D eigenvalue weighted by Gasteiger charge is -2.49. The number of hydrogen-bond acceptors (Lipinski definition) is 7. The van der Waals surface area contributed by atoms with Gasteiger partial charge in [0.1, 0.15) is 28.1 Å². The summed E-state index contributed by atoms with van der Waals surface area (Å²) < 4.78 is 52.6.